The summed E-state index contributed by atoms with van der Waals surface area (Å²) in [5.41, 5.74) is 3.23. The lowest BCUT2D eigenvalue weighted by atomic mass is 9.95. The number of carbonyl (C=O) groups excluding carboxylic acids is 2. The molecule has 0 saturated carbocycles. The molecule has 0 aliphatic carbocycles. The fourth-order valence-electron chi connectivity index (χ4n) is 4.60. The molecule has 1 aliphatic rings. The minimum absolute atomic E-state index is 0.0259. The second kappa shape index (κ2) is 10.2. The Labute approximate surface area is 203 Å². The maximum atomic E-state index is 13.1. The Kier molecular flexibility index (Phi) is 6.67. The first-order valence-corrected chi connectivity index (χ1v) is 12.6. The molecule has 5 rings (SSSR count). The van der Waals surface area contributed by atoms with Crippen LogP contribution in [0.15, 0.2) is 83.8 Å². The third-order valence-corrected chi connectivity index (χ3v) is 7.28. The SMILES string of the molecule is O=C(c1ccccc1)c1ccc(C(=O)N2CCC(c3nccn3CCc3ccsc3)CC2)cc1. The van der Waals surface area contributed by atoms with Crippen molar-refractivity contribution in [2.24, 2.45) is 0 Å². The van der Waals surface area contributed by atoms with E-state index < -0.39 is 0 Å². The number of ketones is 1. The Balaban J connectivity index is 1.18. The van der Waals surface area contributed by atoms with Crippen molar-refractivity contribution in [3.05, 3.63) is 112 Å². The van der Waals surface area contributed by atoms with Gasteiger partial charge in [0.25, 0.3) is 5.91 Å². The number of likely N-dealkylation sites (tertiary alicyclic amines) is 1. The fourth-order valence-corrected chi connectivity index (χ4v) is 5.30. The molecule has 1 saturated heterocycles. The molecule has 34 heavy (non-hydrogen) atoms. The predicted molar refractivity (Wildman–Crippen MR) is 134 cm³/mol. The number of thiophene rings is 1. The van der Waals surface area contributed by atoms with Crippen molar-refractivity contribution in [3.8, 4) is 0 Å². The highest BCUT2D eigenvalue weighted by Gasteiger charge is 2.27. The van der Waals surface area contributed by atoms with Crippen LogP contribution in [0.2, 0.25) is 0 Å². The van der Waals surface area contributed by atoms with Gasteiger partial charge in [0.2, 0.25) is 0 Å². The number of aryl methyl sites for hydroxylation is 2. The van der Waals surface area contributed by atoms with Gasteiger partial charge < -0.3 is 9.47 Å². The first-order chi connectivity index (χ1) is 16.7. The van der Waals surface area contributed by atoms with Crippen molar-refractivity contribution in [2.75, 3.05) is 13.1 Å². The summed E-state index contributed by atoms with van der Waals surface area (Å²) in [6, 6.07) is 18.4. The molecular formula is C28H27N3O2S. The van der Waals surface area contributed by atoms with Crippen molar-refractivity contribution in [3.63, 3.8) is 0 Å². The number of hydrogen-bond acceptors (Lipinski definition) is 4. The molecule has 1 fully saturated rings. The molecule has 5 nitrogen and oxygen atoms in total. The maximum Gasteiger partial charge on any atom is 0.253 e. The zero-order valence-corrected chi connectivity index (χ0v) is 19.8. The van der Waals surface area contributed by atoms with E-state index in [1.165, 1.54) is 5.56 Å². The smallest absolute Gasteiger partial charge is 0.253 e. The highest BCUT2D eigenvalue weighted by atomic mass is 32.1. The molecule has 0 N–H and O–H groups in total. The molecule has 4 aromatic rings. The number of nitrogens with zero attached hydrogens (tertiary/aromatic N) is 3. The molecule has 2 aromatic carbocycles. The van der Waals surface area contributed by atoms with Crippen LogP contribution in [0.25, 0.3) is 0 Å². The van der Waals surface area contributed by atoms with Gasteiger partial charge in [0, 0.05) is 54.6 Å². The summed E-state index contributed by atoms with van der Waals surface area (Å²) in [5, 5.41) is 4.32. The van der Waals surface area contributed by atoms with Crippen LogP contribution in [0.5, 0.6) is 0 Å². The largest absolute Gasteiger partial charge is 0.339 e. The summed E-state index contributed by atoms with van der Waals surface area (Å²) < 4.78 is 2.27. The molecule has 0 unspecified atom stereocenters. The van der Waals surface area contributed by atoms with Crippen LogP contribution in [0, 0.1) is 0 Å². The summed E-state index contributed by atoms with van der Waals surface area (Å²) in [6.45, 7) is 2.36. The van der Waals surface area contributed by atoms with Gasteiger partial charge in [-0.3, -0.25) is 9.59 Å². The Hall–Kier alpha value is -3.51. The van der Waals surface area contributed by atoms with Gasteiger partial charge in [0.15, 0.2) is 5.78 Å². The monoisotopic (exact) mass is 469 g/mol. The van der Waals surface area contributed by atoms with E-state index in [0.29, 0.717) is 35.7 Å². The van der Waals surface area contributed by atoms with E-state index in [4.69, 9.17) is 0 Å². The van der Waals surface area contributed by atoms with Crippen molar-refractivity contribution in [1.29, 1.82) is 0 Å². The number of carbonyl (C=O) groups is 2. The normalized spacial score (nSPS) is 14.3. The van der Waals surface area contributed by atoms with Crippen LogP contribution in [0.1, 0.15) is 56.4 Å². The van der Waals surface area contributed by atoms with Crippen molar-refractivity contribution >= 4 is 23.0 Å². The molecule has 3 heterocycles. The fraction of sp³-hybridized carbons (Fsp3) is 0.250. The standard InChI is InChI=1S/C28H27N3O2S/c32-26(22-4-2-1-3-5-22)23-6-8-25(9-7-23)28(33)31-16-11-24(12-17-31)27-29-14-18-30(27)15-10-21-13-19-34-20-21/h1-9,13-14,18-20,24H,10-12,15-17H2. The summed E-state index contributed by atoms with van der Waals surface area (Å²) in [6.07, 6.45) is 6.78. The van der Waals surface area contributed by atoms with Gasteiger partial charge >= 0.3 is 0 Å². The van der Waals surface area contributed by atoms with E-state index in [0.717, 1.165) is 31.6 Å². The quantitative estimate of drug-likeness (QED) is 0.339. The van der Waals surface area contributed by atoms with Gasteiger partial charge in [-0.15, -0.1) is 0 Å². The van der Waals surface area contributed by atoms with Crippen LogP contribution in [0.4, 0.5) is 0 Å². The van der Waals surface area contributed by atoms with E-state index >= 15 is 0 Å². The number of rotatable bonds is 7. The highest BCUT2D eigenvalue weighted by molar-refractivity contribution is 7.07. The van der Waals surface area contributed by atoms with Gasteiger partial charge in [-0.1, -0.05) is 42.5 Å². The second-order valence-corrected chi connectivity index (χ2v) is 9.48. The van der Waals surface area contributed by atoms with Crippen LogP contribution >= 0.6 is 11.3 Å². The van der Waals surface area contributed by atoms with E-state index in [1.54, 1.807) is 47.7 Å². The van der Waals surface area contributed by atoms with Gasteiger partial charge in [-0.05, 0) is 53.8 Å². The minimum atomic E-state index is -0.0325. The minimum Gasteiger partial charge on any atom is -0.339 e. The second-order valence-electron chi connectivity index (χ2n) is 8.70. The van der Waals surface area contributed by atoms with Crippen LogP contribution in [-0.4, -0.2) is 39.2 Å². The van der Waals surface area contributed by atoms with Gasteiger partial charge in [0.1, 0.15) is 5.82 Å². The summed E-state index contributed by atoms with van der Waals surface area (Å²) in [4.78, 5) is 32.3. The average Bonchev–Trinajstić information content (AvgIpc) is 3.59. The zero-order chi connectivity index (χ0) is 23.3. The summed E-state index contributed by atoms with van der Waals surface area (Å²) in [5.74, 6) is 1.49. The molecule has 172 valence electrons. The van der Waals surface area contributed by atoms with Crippen LogP contribution < -0.4 is 0 Å². The number of aromatic nitrogens is 2. The molecule has 1 aliphatic heterocycles. The van der Waals surface area contributed by atoms with Gasteiger partial charge in [0.05, 0.1) is 0 Å². The predicted octanol–water partition coefficient (Wildman–Crippen LogP) is 5.44. The molecule has 2 aromatic heterocycles. The van der Waals surface area contributed by atoms with Crippen molar-refractivity contribution in [2.45, 2.75) is 31.7 Å². The molecule has 0 spiro atoms. The summed E-state index contributed by atoms with van der Waals surface area (Å²) >= 11 is 1.73. The Morgan fingerprint density at radius 1 is 0.912 bits per heavy atom. The van der Waals surface area contributed by atoms with Crippen molar-refractivity contribution < 1.29 is 9.59 Å². The molecular weight excluding hydrogens is 442 g/mol. The number of hydrogen-bond donors (Lipinski definition) is 0. The first-order valence-electron chi connectivity index (χ1n) is 11.7. The third kappa shape index (κ3) is 4.87. The van der Waals surface area contributed by atoms with Crippen LogP contribution in [0.3, 0.4) is 0 Å². The molecule has 6 heteroatoms. The Morgan fingerprint density at radius 2 is 1.62 bits per heavy atom. The number of imidazole rings is 1. The van der Waals surface area contributed by atoms with E-state index in [9.17, 15) is 9.59 Å². The molecule has 1 amide bonds. The van der Waals surface area contributed by atoms with E-state index in [-0.39, 0.29) is 11.7 Å². The number of piperidine rings is 1. The van der Waals surface area contributed by atoms with Crippen LogP contribution in [-0.2, 0) is 13.0 Å². The lowest BCUT2D eigenvalue weighted by Gasteiger charge is -2.32. The number of benzene rings is 2. The summed E-state index contributed by atoms with van der Waals surface area (Å²) in [7, 11) is 0. The Morgan fingerprint density at radius 3 is 2.32 bits per heavy atom. The third-order valence-electron chi connectivity index (χ3n) is 6.55. The van der Waals surface area contributed by atoms with E-state index in [2.05, 4.69) is 32.6 Å². The highest BCUT2D eigenvalue weighted by Crippen LogP contribution is 2.28. The lowest BCUT2D eigenvalue weighted by Crippen LogP contribution is -2.38. The lowest BCUT2D eigenvalue weighted by molar-refractivity contribution is 0.0710. The van der Waals surface area contributed by atoms with Crippen molar-refractivity contribution in [1.82, 2.24) is 14.5 Å². The zero-order valence-electron chi connectivity index (χ0n) is 19.0. The van der Waals surface area contributed by atoms with E-state index in [1.807, 2.05) is 29.3 Å². The average molecular weight is 470 g/mol. The first kappa shape index (κ1) is 22.3. The van der Waals surface area contributed by atoms with Gasteiger partial charge in [-0.25, -0.2) is 4.98 Å². The van der Waals surface area contributed by atoms with Gasteiger partial charge in [-0.2, -0.15) is 11.3 Å². The molecule has 0 radical (unpaired) electrons. The number of amides is 1. The molecule has 0 atom stereocenters. The molecule has 0 bridgehead atoms. The topological polar surface area (TPSA) is 55.2 Å². The Bertz CT molecular complexity index is 1240. The maximum absolute atomic E-state index is 13.1.